The van der Waals surface area contributed by atoms with Crippen molar-refractivity contribution in [2.45, 2.75) is 12.8 Å². The summed E-state index contributed by atoms with van der Waals surface area (Å²) < 4.78 is 0.574. The molecule has 1 heterocycles. The number of aromatic carboxylic acids is 1. The van der Waals surface area contributed by atoms with Gasteiger partial charge in [-0.15, -0.1) is 0 Å². The summed E-state index contributed by atoms with van der Waals surface area (Å²) in [5.74, 6) is -1.63. The van der Waals surface area contributed by atoms with E-state index in [9.17, 15) is 14.4 Å². The van der Waals surface area contributed by atoms with E-state index in [-0.39, 0.29) is 23.3 Å². The predicted octanol–water partition coefficient (Wildman–Crippen LogP) is 1.61. The van der Waals surface area contributed by atoms with Gasteiger partial charge in [-0.2, -0.15) is 0 Å². The number of nitrogens with one attached hydrogen (secondary N) is 2. The second kappa shape index (κ2) is 6.04. The second-order valence-electron chi connectivity index (χ2n) is 4.56. The normalized spacial score (nSPS) is 18.2. The smallest absolute Gasteiger partial charge is 0.335 e. The molecule has 20 heavy (non-hydrogen) atoms. The summed E-state index contributed by atoms with van der Waals surface area (Å²) in [4.78, 5) is 34.0. The lowest BCUT2D eigenvalue weighted by atomic mass is 9.98. The van der Waals surface area contributed by atoms with Crippen LogP contribution in [0.15, 0.2) is 22.7 Å². The molecule has 3 N–H and O–H groups in total. The maximum absolute atomic E-state index is 12.0. The Labute approximate surface area is 123 Å². The molecule has 0 spiro atoms. The van der Waals surface area contributed by atoms with Crippen LogP contribution in [-0.2, 0) is 9.59 Å². The van der Waals surface area contributed by atoms with Gasteiger partial charge in [0.15, 0.2) is 0 Å². The van der Waals surface area contributed by atoms with Crippen LogP contribution in [0, 0.1) is 5.92 Å². The van der Waals surface area contributed by atoms with Crippen LogP contribution in [0.5, 0.6) is 0 Å². The molecule has 0 radical (unpaired) electrons. The summed E-state index contributed by atoms with van der Waals surface area (Å²) in [7, 11) is 0. The molecule has 1 aromatic rings. The molecule has 2 amide bonds. The van der Waals surface area contributed by atoms with Crippen LogP contribution in [0.3, 0.4) is 0 Å². The number of carbonyl (C=O) groups is 3. The van der Waals surface area contributed by atoms with Crippen molar-refractivity contribution >= 4 is 39.4 Å². The van der Waals surface area contributed by atoms with E-state index in [2.05, 4.69) is 26.6 Å². The molecule has 1 atom stereocenters. The summed E-state index contributed by atoms with van der Waals surface area (Å²) in [6.45, 7) is 0.310. The number of halogens is 1. The molecule has 106 valence electrons. The maximum Gasteiger partial charge on any atom is 0.335 e. The number of hydrogen-bond donors (Lipinski definition) is 3. The molecule has 0 bridgehead atoms. The average Bonchev–Trinajstić information content (AvgIpc) is 2.38. The summed E-state index contributed by atoms with van der Waals surface area (Å²) in [6.07, 6.45) is 0.828. The van der Waals surface area contributed by atoms with Gasteiger partial charge in [0.1, 0.15) is 0 Å². The van der Waals surface area contributed by atoms with Crippen molar-refractivity contribution in [3.05, 3.63) is 28.2 Å². The standard InChI is InChI=1S/C13H13BrN2O4/c14-9-3-8(13(19)20)4-10(5-9)16-12(18)7-1-2-11(17)15-6-7/h3-5,7H,1-2,6H2,(H,15,17)(H,16,18)(H,19,20). The maximum atomic E-state index is 12.0. The molecule has 0 aromatic heterocycles. The lowest BCUT2D eigenvalue weighted by Crippen LogP contribution is -2.40. The Morgan fingerprint density at radius 3 is 2.70 bits per heavy atom. The number of amides is 2. The molecule has 1 aromatic carbocycles. The quantitative estimate of drug-likeness (QED) is 0.778. The number of carboxylic acids is 1. The van der Waals surface area contributed by atoms with E-state index in [1.54, 1.807) is 6.07 Å². The largest absolute Gasteiger partial charge is 0.478 e. The van der Waals surface area contributed by atoms with E-state index < -0.39 is 5.97 Å². The van der Waals surface area contributed by atoms with Crippen molar-refractivity contribution in [3.63, 3.8) is 0 Å². The Morgan fingerprint density at radius 1 is 1.35 bits per heavy atom. The van der Waals surface area contributed by atoms with E-state index in [0.717, 1.165) is 0 Å². The van der Waals surface area contributed by atoms with E-state index >= 15 is 0 Å². The Hall–Kier alpha value is -1.89. The van der Waals surface area contributed by atoms with Crippen LogP contribution in [0.4, 0.5) is 5.69 Å². The minimum atomic E-state index is -1.06. The topological polar surface area (TPSA) is 95.5 Å². The Morgan fingerprint density at radius 2 is 2.10 bits per heavy atom. The highest BCUT2D eigenvalue weighted by atomic mass is 79.9. The molecule has 1 saturated heterocycles. The Kier molecular flexibility index (Phi) is 4.39. The number of anilines is 1. The van der Waals surface area contributed by atoms with Crippen molar-refractivity contribution < 1.29 is 19.5 Å². The molecule has 1 aliphatic rings. The van der Waals surface area contributed by atoms with Gasteiger partial charge in [-0.3, -0.25) is 9.59 Å². The number of hydrogen-bond acceptors (Lipinski definition) is 3. The number of carboxylic acid groups (broad SMARTS) is 1. The number of rotatable bonds is 3. The van der Waals surface area contributed by atoms with Crippen molar-refractivity contribution in [2.24, 2.45) is 5.92 Å². The zero-order valence-electron chi connectivity index (χ0n) is 10.5. The summed E-state index contributed by atoms with van der Waals surface area (Å²) >= 11 is 3.20. The minimum absolute atomic E-state index is 0.0512. The van der Waals surface area contributed by atoms with Gasteiger partial charge in [0.25, 0.3) is 0 Å². The predicted molar refractivity (Wildman–Crippen MR) is 75.5 cm³/mol. The highest BCUT2D eigenvalue weighted by molar-refractivity contribution is 9.10. The molecule has 2 rings (SSSR count). The zero-order chi connectivity index (χ0) is 14.7. The van der Waals surface area contributed by atoms with Crippen molar-refractivity contribution in [1.29, 1.82) is 0 Å². The molecule has 1 unspecified atom stereocenters. The highest BCUT2D eigenvalue weighted by Gasteiger charge is 2.24. The number of piperidine rings is 1. The average molecular weight is 341 g/mol. The first-order valence-electron chi connectivity index (χ1n) is 6.07. The first kappa shape index (κ1) is 14.5. The van der Waals surface area contributed by atoms with Gasteiger partial charge in [-0.25, -0.2) is 4.79 Å². The van der Waals surface area contributed by atoms with Gasteiger partial charge in [-0.05, 0) is 24.6 Å². The van der Waals surface area contributed by atoms with Gasteiger partial charge in [0.2, 0.25) is 11.8 Å². The molecule has 0 aliphatic carbocycles. The van der Waals surface area contributed by atoms with Gasteiger partial charge in [-0.1, -0.05) is 15.9 Å². The van der Waals surface area contributed by atoms with Gasteiger partial charge in [0, 0.05) is 23.1 Å². The molecule has 6 nitrogen and oxygen atoms in total. The monoisotopic (exact) mass is 340 g/mol. The molecule has 7 heteroatoms. The minimum Gasteiger partial charge on any atom is -0.478 e. The SMILES string of the molecule is O=C1CCC(C(=O)Nc2cc(Br)cc(C(=O)O)c2)CN1. The lowest BCUT2D eigenvalue weighted by molar-refractivity contribution is -0.126. The summed E-state index contributed by atoms with van der Waals surface area (Å²) in [6, 6.07) is 4.48. The Bertz CT molecular complexity index is 563. The zero-order valence-corrected chi connectivity index (χ0v) is 12.1. The third-order valence-corrected chi connectivity index (χ3v) is 3.51. The van der Waals surface area contributed by atoms with E-state index in [1.807, 2.05) is 0 Å². The summed E-state index contributed by atoms with van der Waals surface area (Å²) in [5, 5.41) is 14.3. The van der Waals surface area contributed by atoms with Gasteiger partial charge >= 0.3 is 5.97 Å². The first-order chi connectivity index (χ1) is 9.45. The third kappa shape index (κ3) is 3.57. The first-order valence-corrected chi connectivity index (χ1v) is 6.86. The van der Waals surface area contributed by atoms with Crippen LogP contribution in [-0.4, -0.2) is 29.4 Å². The third-order valence-electron chi connectivity index (χ3n) is 3.05. The van der Waals surface area contributed by atoms with E-state index in [1.165, 1.54) is 12.1 Å². The number of carbonyl (C=O) groups excluding carboxylic acids is 2. The molecule has 0 saturated carbocycles. The highest BCUT2D eigenvalue weighted by Crippen LogP contribution is 2.21. The van der Waals surface area contributed by atoms with Crippen LogP contribution in [0.1, 0.15) is 23.2 Å². The Balaban J connectivity index is 2.07. The molecule has 1 fully saturated rings. The molecule has 1 aliphatic heterocycles. The van der Waals surface area contributed by atoms with Crippen LogP contribution >= 0.6 is 15.9 Å². The van der Waals surface area contributed by atoms with E-state index in [0.29, 0.717) is 29.5 Å². The van der Waals surface area contributed by atoms with Crippen LogP contribution in [0.2, 0.25) is 0 Å². The molecular weight excluding hydrogens is 328 g/mol. The molecular formula is C13H13BrN2O4. The van der Waals surface area contributed by atoms with Crippen molar-refractivity contribution in [3.8, 4) is 0 Å². The fourth-order valence-electron chi connectivity index (χ4n) is 1.99. The van der Waals surface area contributed by atoms with E-state index in [4.69, 9.17) is 5.11 Å². The summed E-state index contributed by atoms with van der Waals surface area (Å²) in [5.41, 5.74) is 0.505. The van der Waals surface area contributed by atoms with Gasteiger partial charge in [0.05, 0.1) is 11.5 Å². The number of benzene rings is 1. The fraction of sp³-hybridized carbons (Fsp3) is 0.308. The fourth-order valence-corrected chi connectivity index (χ4v) is 2.48. The lowest BCUT2D eigenvalue weighted by Gasteiger charge is -2.21. The van der Waals surface area contributed by atoms with Gasteiger partial charge < -0.3 is 15.7 Å². The second-order valence-corrected chi connectivity index (χ2v) is 5.48. The van der Waals surface area contributed by atoms with Crippen molar-refractivity contribution in [1.82, 2.24) is 5.32 Å². The van der Waals surface area contributed by atoms with Crippen LogP contribution in [0.25, 0.3) is 0 Å². The van der Waals surface area contributed by atoms with Crippen molar-refractivity contribution in [2.75, 3.05) is 11.9 Å². The van der Waals surface area contributed by atoms with Crippen LogP contribution < -0.4 is 10.6 Å².